The molecule has 0 atom stereocenters. The summed E-state index contributed by atoms with van der Waals surface area (Å²) in [6, 6.07) is 5.07. The third kappa shape index (κ3) is 3.15. The Morgan fingerprint density at radius 1 is 1.24 bits per heavy atom. The van der Waals surface area contributed by atoms with Crippen LogP contribution in [0.5, 0.6) is 0 Å². The van der Waals surface area contributed by atoms with E-state index in [2.05, 4.69) is 4.99 Å². The molecule has 1 aliphatic rings. The molecule has 0 unspecified atom stereocenters. The van der Waals surface area contributed by atoms with Crippen LogP contribution in [0.4, 0.5) is 4.79 Å². The fourth-order valence-electron chi connectivity index (χ4n) is 2.27. The monoisotopic (exact) mass is 341 g/mol. The third-order valence-electron chi connectivity index (χ3n) is 3.33. The van der Waals surface area contributed by atoms with Crippen molar-refractivity contribution >= 4 is 40.6 Å². The van der Waals surface area contributed by atoms with Crippen LogP contribution in [0, 0.1) is 0 Å². The van der Waals surface area contributed by atoms with Crippen LogP contribution in [0.1, 0.15) is 12.8 Å². The molecule has 110 valence electrons. The molecule has 3 rings (SSSR count). The SMILES string of the molecule is O=C(N=c1sccn1-c1ccc(Cl)cc1Cl)N1CCCC1. The predicted octanol–water partition coefficient (Wildman–Crippen LogP) is 3.96. The van der Waals surface area contributed by atoms with Crippen molar-refractivity contribution in [2.75, 3.05) is 13.1 Å². The molecule has 1 aliphatic heterocycles. The van der Waals surface area contributed by atoms with Gasteiger partial charge in [-0.1, -0.05) is 23.2 Å². The van der Waals surface area contributed by atoms with Crippen molar-refractivity contribution in [3.63, 3.8) is 0 Å². The Labute approximate surface area is 136 Å². The Morgan fingerprint density at radius 2 is 2.00 bits per heavy atom. The predicted molar refractivity (Wildman–Crippen MR) is 85.4 cm³/mol. The molecular formula is C14H13Cl2N3OS. The zero-order chi connectivity index (χ0) is 14.8. The lowest BCUT2D eigenvalue weighted by atomic mass is 10.3. The molecule has 0 bridgehead atoms. The van der Waals surface area contributed by atoms with Gasteiger partial charge in [0.25, 0.3) is 0 Å². The lowest BCUT2D eigenvalue weighted by molar-refractivity contribution is 0.218. The zero-order valence-corrected chi connectivity index (χ0v) is 13.5. The molecule has 2 amide bonds. The second-order valence-corrected chi connectivity index (χ2v) is 6.46. The maximum atomic E-state index is 12.1. The molecule has 0 aliphatic carbocycles. The van der Waals surface area contributed by atoms with E-state index in [4.69, 9.17) is 23.2 Å². The second-order valence-electron chi connectivity index (χ2n) is 4.74. The topological polar surface area (TPSA) is 37.6 Å². The highest BCUT2D eigenvalue weighted by atomic mass is 35.5. The van der Waals surface area contributed by atoms with Gasteiger partial charge in [0.05, 0.1) is 10.7 Å². The molecule has 2 heterocycles. The average Bonchev–Trinajstić information content (AvgIpc) is 3.10. The highest BCUT2D eigenvalue weighted by Gasteiger charge is 2.17. The first-order valence-electron chi connectivity index (χ1n) is 6.60. The molecule has 1 saturated heterocycles. The number of hydrogen-bond donors (Lipinski definition) is 0. The molecule has 2 aromatic rings. The number of benzene rings is 1. The number of thiazole rings is 1. The average molecular weight is 342 g/mol. The number of aromatic nitrogens is 1. The minimum absolute atomic E-state index is 0.186. The number of urea groups is 1. The second kappa shape index (κ2) is 6.22. The van der Waals surface area contributed by atoms with E-state index in [-0.39, 0.29) is 6.03 Å². The first-order valence-corrected chi connectivity index (χ1v) is 8.24. The fraction of sp³-hybridized carbons (Fsp3) is 0.286. The molecule has 4 nitrogen and oxygen atoms in total. The van der Waals surface area contributed by atoms with Crippen molar-refractivity contribution in [1.29, 1.82) is 0 Å². The van der Waals surface area contributed by atoms with E-state index >= 15 is 0 Å². The van der Waals surface area contributed by atoms with Crippen molar-refractivity contribution in [2.45, 2.75) is 12.8 Å². The van der Waals surface area contributed by atoms with Gasteiger partial charge in [0.2, 0.25) is 0 Å². The normalized spacial score (nSPS) is 15.7. The lowest BCUT2D eigenvalue weighted by Gasteiger charge is -2.11. The van der Waals surface area contributed by atoms with Crippen LogP contribution in [-0.4, -0.2) is 28.6 Å². The van der Waals surface area contributed by atoms with E-state index in [1.54, 1.807) is 21.6 Å². The Morgan fingerprint density at radius 3 is 2.71 bits per heavy atom. The summed E-state index contributed by atoms with van der Waals surface area (Å²) in [4.78, 5) is 18.7. The van der Waals surface area contributed by atoms with Gasteiger partial charge >= 0.3 is 6.03 Å². The standard InChI is InChI=1S/C14H13Cl2N3OS/c15-10-3-4-12(11(16)9-10)19-7-8-21-14(19)17-13(20)18-5-1-2-6-18/h3-4,7-9H,1-2,5-6H2. The first kappa shape index (κ1) is 14.6. The molecule has 0 N–H and O–H groups in total. The van der Waals surface area contributed by atoms with Crippen LogP contribution in [0.25, 0.3) is 5.69 Å². The van der Waals surface area contributed by atoms with Gasteiger partial charge in [0.15, 0.2) is 4.80 Å². The summed E-state index contributed by atoms with van der Waals surface area (Å²) in [6.07, 6.45) is 3.94. The quantitative estimate of drug-likeness (QED) is 0.773. The minimum atomic E-state index is -0.186. The molecule has 7 heteroatoms. The van der Waals surface area contributed by atoms with Gasteiger partial charge in [0, 0.05) is 29.7 Å². The van der Waals surface area contributed by atoms with Gasteiger partial charge in [-0.2, -0.15) is 4.99 Å². The number of amides is 2. The molecule has 1 aromatic carbocycles. The van der Waals surface area contributed by atoms with Crippen LogP contribution < -0.4 is 4.80 Å². The number of carbonyl (C=O) groups is 1. The van der Waals surface area contributed by atoms with E-state index in [1.165, 1.54) is 11.3 Å². The molecule has 0 spiro atoms. The maximum absolute atomic E-state index is 12.1. The fourth-order valence-corrected chi connectivity index (χ4v) is 3.48. The van der Waals surface area contributed by atoms with Gasteiger partial charge in [-0.05, 0) is 31.0 Å². The molecular weight excluding hydrogens is 329 g/mol. The van der Waals surface area contributed by atoms with E-state index in [0.717, 1.165) is 31.6 Å². The van der Waals surface area contributed by atoms with Gasteiger partial charge < -0.3 is 4.90 Å². The smallest absolute Gasteiger partial charge is 0.323 e. The van der Waals surface area contributed by atoms with E-state index in [9.17, 15) is 4.79 Å². The Hall–Kier alpha value is -1.30. The highest BCUT2D eigenvalue weighted by molar-refractivity contribution is 7.07. The van der Waals surface area contributed by atoms with Gasteiger partial charge in [-0.15, -0.1) is 11.3 Å². The van der Waals surface area contributed by atoms with Crippen LogP contribution in [0.3, 0.4) is 0 Å². The number of likely N-dealkylation sites (tertiary alicyclic amines) is 1. The Balaban J connectivity index is 1.98. The molecule has 0 saturated carbocycles. The number of carbonyl (C=O) groups excluding carboxylic acids is 1. The van der Waals surface area contributed by atoms with E-state index in [1.807, 2.05) is 17.6 Å². The number of halogens is 2. The summed E-state index contributed by atoms with van der Waals surface area (Å²) in [6.45, 7) is 1.57. The highest BCUT2D eigenvalue weighted by Crippen LogP contribution is 2.23. The van der Waals surface area contributed by atoms with Gasteiger partial charge in [-0.3, -0.25) is 4.57 Å². The lowest BCUT2D eigenvalue weighted by Crippen LogP contribution is -2.27. The molecule has 21 heavy (non-hydrogen) atoms. The van der Waals surface area contributed by atoms with Crippen molar-refractivity contribution in [1.82, 2.24) is 9.47 Å². The minimum Gasteiger partial charge on any atom is -0.323 e. The van der Waals surface area contributed by atoms with Crippen LogP contribution in [-0.2, 0) is 0 Å². The van der Waals surface area contributed by atoms with E-state index in [0.29, 0.717) is 14.8 Å². The summed E-state index contributed by atoms with van der Waals surface area (Å²) in [5.41, 5.74) is 0.760. The molecule has 1 aromatic heterocycles. The summed E-state index contributed by atoms with van der Waals surface area (Å²) < 4.78 is 1.80. The zero-order valence-electron chi connectivity index (χ0n) is 11.1. The van der Waals surface area contributed by atoms with Crippen LogP contribution in [0.15, 0.2) is 34.8 Å². The summed E-state index contributed by atoms with van der Waals surface area (Å²) in [5.74, 6) is 0. The van der Waals surface area contributed by atoms with Gasteiger partial charge in [0.1, 0.15) is 0 Å². The maximum Gasteiger partial charge on any atom is 0.346 e. The van der Waals surface area contributed by atoms with Crippen molar-refractivity contribution < 1.29 is 4.79 Å². The number of rotatable bonds is 1. The molecule has 0 radical (unpaired) electrons. The number of nitrogens with zero attached hydrogens (tertiary/aromatic N) is 3. The Kier molecular flexibility index (Phi) is 4.33. The summed E-state index contributed by atoms with van der Waals surface area (Å²) in [7, 11) is 0. The van der Waals surface area contributed by atoms with Crippen molar-refractivity contribution in [3.05, 3.63) is 44.6 Å². The van der Waals surface area contributed by atoms with Crippen molar-refractivity contribution in [3.8, 4) is 5.69 Å². The van der Waals surface area contributed by atoms with Crippen LogP contribution >= 0.6 is 34.5 Å². The third-order valence-corrected chi connectivity index (χ3v) is 4.62. The Bertz CT molecular complexity index is 732. The van der Waals surface area contributed by atoms with E-state index < -0.39 is 0 Å². The largest absolute Gasteiger partial charge is 0.346 e. The summed E-state index contributed by atoms with van der Waals surface area (Å²) in [5, 5.41) is 2.98. The molecule has 1 fully saturated rings. The summed E-state index contributed by atoms with van der Waals surface area (Å²) >= 11 is 13.5. The van der Waals surface area contributed by atoms with Crippen LogP contribution in [0.2, 0.25) is 10.0 Å². The number of hydrogen-bond acceptors (Lipinski definition) is 2. The first-order chi connectivity index (χ1) is 10.1. The van der Waals surface area contributed by atoms with Crippen molar-refractivity contribution in [2.24, 2.45) is 4.99 Å². The van der Waals surface area contributed by atoms with Gasteiger partial charge in [-0.25, -0.2) is 4.79 Å².